The van der Waals surface area contributed by atoms with E-state index in [1.165, 1.54) is 22.4 Å². The molecule has 0 saturated heterocycles. The van der Waals surface area contributed by atoms with Gasteiger partial charge in [0, 0.05) is 18.4 Å². The summed E-state index contributed by atoms with van der Waals surface area (Å²) < 4.78 is 10.6. The summed E-state index contributed by atoms with van der Waals surface area (Å²) in [7, 11) is 3.43. The maximum atomic E-state index is 5.33. The van der Waals surface area contributed by atoms with E-state index in [0.29, 0.717) is 0 Å². The third-order valence-corrected chi connectivity index (χ3v) is 4.17. The minimum absolute atomic E-state index is 0.921. The van der Waals surface area contributed by atoms with Crippen molar-refractivity contribution >= 4 is 5.71 Å². The molecule has 3 nitrogen and oxygen atoms in total. The van der Waals surface area contributed by atoms with Crippen molar-refractivity contribution in [2.45, 2.75) is 19.3 Å². The topological polar surface area (TPSA) is 32.4 Å². The number of ether oxygens (including phenoxy) is 2. The van der Waals surface area contributed by atoms with Crippen LogP contribution in [0.3, 0.4) is 0 Å². The van der Waals surface area contributed by atoms with Crippen molar-refractivity contribution in [1.29, 1.82) is 0 Å². The first-order valence-corrected chi connectivity index (χ1v) is 7.70. The lowest BCUT2D eigenvalue weighted by Crippen LogP contribution is -2.75. The van der Waals surface area contributed by atoms with Gasteiger partial charge in [-0.3, -0.25) is 0 Å². The van der Waals surface area contributed by atoms with Crippen LogP contribution in [-0.4, -0.2) is 26.5 Å². The molecular formula is C19H22NO2+. The van der Waals surface area contributed by atoms with E-state index in [1.807, 2.05) is 18.2 Å². The summed E-state index contributed by atoms with van der Waals surface area (Å²) in [5, 5.41) is 0. The summed E-state index contributed by atoms with van der Waals surface area (Å²) in [5.74, 6) is 1.86. The van der Waals surface area contributed by atoms with E-state index >= 15 is 0 Å². The van der Waals surface area contributed by atoms with E-state index in [1.54, 1.807) is 14.2 Å². The van der Waals surface area contributed by atoms with Gasteiger partial charge in [-0.05, 0) is 47.9 Å². The van der Waals surface area contributed by atoms with Crippen molar-refractivity contribution in [2.24, 2.45) is 0 Å². The number of hydrogen-bond acceptors (Lipinski definition) is 2. The number of benzene rings is 2. The van der Waals surface area contributed by atoms with E-state index < -0.39 is 0 Å². The summed E-state index contributed by atoms with van der Waals surface area (Å²) >= 11 is 0. The van der Waals surface area contributed by atoms with E-state index in [9.17, 15) is 0 Å². The smallest absolute Gasteiger partial charge is 0.182 e. The van der Waals surface area contributed by atoms with Crippen molar-refractivity contribution in [2.75, 3.05) is 20.8 Å². The SMILES string of the molecule is COc1cccc(CCC2=[NH+]CCc3cc(OC)ccc32)c1. The summed E-state index contributed by atoms with van der Waals surface area (Å²) in [6, 6.07) is 14.7. The van der Waals surface area contributed by atoms with Crippen LogP contribution in [0.5, 0.6) is 11.5 Å². The van der Waals surface area contributed by atoms with Gasteiger partial charge in [0.1, 0.15) is 18.0 Å². The van der Waals surface area contributed by atoms with Crippen LogP contribution in [-0.2, 0) is 12.8 Å². The van der Waals surface area contributed by atoms with E-state index in [-0.39, 0.29) is 0 Å². The molecule has 0 aromatic heterocycles. The Labute approximate surface area is 131 Å². The Balaban J connectivity index is 1.75. The zero-order chi connectivity index (χ0) is 15.4. The third kappa shape index (κ3) is 3.14. The van der Waals surface area contributed by atoms with Crippen LogP contribution < -0.4 is 14.5 Å². The lowest BCUT2D eigenvalue weighted by molar-refractivity contribution is -0.459. The molecule has 22 heavy (non-hydrogen) atoms. The number of fused-ring (bicyclic) bond motifs is 1. The Kier molecular flexibility index (Phi) is 4.42. The second kappa shape index (κ2) is 6.65. The third-order valence-electron chi connectivity index (χ3n) is 4.17. The molecule has 3 rings (SSSR count). The monoisotopic (exact) mass is 296 g/mol. The molecule has 2 aromatic rings. The second-order valence-electron chi connectivity index (χ2n) is 5.53. The number of rotatable bonds is 5. The highest BCUT2D eigenvalue weighted by atomic mass is 16.5. The molecule has 0 saturated carbocycles. The Bertz CT molecular complexity index is 692. The first-order valence-electron chi connectivity index (χ1n) is 7.70. The van der Waals surface area contributed by atoms with Crippen LogP contribution in [0.2, 0.25) is 0 Å². The fourth-order valence-electron chi connectivity index (χ4n) is 2.96. The lowest BCUT2D eigenvalue weighted by atomic mass is 9.93. The molecule has 1 aliphatic rings. The molecule has 114 valence electrons. The summed E-state index contributed by atoms with van der Waals surface area (Å²) in [6.07, 6.45) is 3.06. The fraction of sp³-hybridized carbons (Fsp3) is 0.316. The van der Waals surface area contributed by atoms with E-state index in [0.717, 1.165) is 37.3 Å². The van der Waals surface area contributed by atoms with Crippen LogP contribution in [0.15, 0.2) is 42.5 Å². The molecule has 2 aromatic carbocycles. The molecule has 0 bridgehead atoms. The largest absolute Gasteiger partial charge is 0.497 e. The molecular weight excluding hydrogens is 274 g/mol. The number of aryl methyl sites for hydroxylation is 1. The van der Waals surface area contributed by atoms with Gasteiger partial charge in [0.05, 0.1) is 14.2 Å². The molecule has 0 amide bonds. The predicted molar refractivity (Wildman–Crippen MR) is 88.0 cm³/mol. The number of nitrogens with one attached hydrogen (secondary N) is 1. The van der Waals surface area contributed by atoms with Crippen LogP contribution in [0.25, 0.3) is 0 Å². The van der Waals surface area contributed by atoms with Gasteiger partial charge in [-0.2, -0.15) is 0 Å². The molecule has 1 heterocycles. The van der Waals surface area contributed by atoms with Gasteiger partial charge in [-0.1, -0.05) is 12.1 Å². The van der Waals surface area contributed by atoms with Gasteiger partial charge in [-0.15, -0.1) is 0 Å². The molecule has 0 spiro atoms. The highest BCUT2D eigenvalue weighted by molar-refractivity contribution is 5.98. The van der Waals surface area contributed by atoms with E-state index in [4.69, 9.17) is 9.47 Å². The maximum Gasteiger partial charge on any atom is 0.182 e. The highest BCUT2D eigenvalue weighted by Crippen LogP contribution is 2.21. The first-order chi connectivity index (χ1) is 10.8. The van der Waals surface area contributed by atoms with Gasteiger partial charge >= 0.3 is 0 Å². The summed E-state index contributed by atoms with van der Waals surface area (Å²) in [4.78, 5) is 3.56. The van der Waals surface area contributed by atoms with Crippen LogP contribution >= 0.6 is 0 Å². The maximum absolute atomic E-state index is 5.33. The van der Waals surface area contributed by atoms with Gasteiger partial charge in [0.25, 0.3) is 0 Å². The molecule has 3 heteroatoms. The van der Waals surface area contributed by atoms with Gasteiger partial charge in [0.2, 0.25) is 0 Å². The standard InChI is InChI=1S/C19H21NO2/c1-21-16-5-3-4-14(12-16)6-9-19-18-8-7-17(22-2)13-15(18)10-11-20-19/h3-5,7-8,12-13H,6,9-11H2,1-2H3/p+1. The Morgan fingerprint density at radius 1 is 0.955 bits per heavy atom. The van der Waals surface area contributed by atoms with Crippen molar-refractivity contribution < 1.29 is 14.5 Å². The summed E-state index contributed by atoms with van der Waals surface area (Å²) in [6.45, 7) is 0.994. The van der Waals surface area contributed by atoms with Gasteiger partial charge in [0.15, 0.2) is 5.71 Å². The molecule has 1 N–H and O–H groups in total. The highest BCUT2D eigenvalue weighted by Gasteiger charge is 2.19. The Morgan fingerprint density at radius 2 is 1.77 bits per heavy atom. The molecule has 0 atom stereocenters. The zero-order valence-electron chi connectivity index (χ0n) is 13.2. The Hall–Kier alpha value is -2.29. The number of methoxy groups -OCH3 is 2. The molecule has 0 fully saturated rings. The van der Waals surface area contributed by atoms with Gasteiger partial charge < -0.3 is 9.47 Å². The molecule has 0 radical (unpaired) electrons. The van der Waals surface area contributed by atoms with Crippen LogP contribution in [0.1, 0.15) is 23.1 Å². The summed E-state index contributed by atoms with van der Waals surface area (Å²) in [5.41, 5.74) is 5.33. The minimum Gasteiger partial charge on any atom is -0.497 e. The van der Waals surface area contributed by atoms with Crippen LogP contribution in [0.4, 0.5) is 0 Å². The van der Waals surface area contributed by atoms with Crippen molar-refractivity contribution in [3.63, 3.8) is 0 Å². The second-order valence-corrected chi connectivity index (χ2v) is 5.53. The predicted octanol–water partition coefficient (Wildman–Crippen LogP) is 1.76. The molecule has 0 unspecified atom stereocenters. The van der Waals surface area contributed by atoms with Crippen molar-refractivity contribution in [3.8, 4) is 11.5 Å². The Morgan fingerprint density at radius 3 is 2.59 bits per heavy atom. The molecule has 1 aliphatic heterocycles. The van der Waals surface area contributed by atoms with Crippen molar-refractivity contribution in [1.82, 2.24) is 0 Å². The van der Waals surface area contributed by atoms with Gasteiger partial charge in [-0.25, -0.2) is 4.99 Å². The van der Waals surface area contributed by atoms with E-state index in [2.05, 4.69) is 29.3 Å². The molecule has 0 aliphatic carbocycles. The quantitative estimate of drug-likeness (QED) is 0.912. The van der Waals surface area contributed by atoms with Crippen LogP contribution in [0, 0.1) is 0 Å². The first kappa shape index (κ1) is 14.6. The number of hydrogen-bond donors (Lipinski definition) is 1. The zero-order valence-corrected chi connectivity index (χ0v) is 13.2. The average Bonchev–Trinajstić information content (AvgIpc) is 2.59. The minimum atomic E-state index is 0.921. The normalized spacial score (nSPS) is 13.3. The average molecular weight is 296 g/mol. The fourth-order valence-corrected chi connectivity index (χ4v) is 2.96. The lowest BCUT2D eigenvalue weighted by Gasteiger charge is -2.13. The van der Waals surface area contributed by atoms with Crippen molar-refractivity contribution in [3.05, 3.63) is 59.2 Å².